The van der Waals surface area contributed by atoms with Crippen LogP contribution < -0.4 is 5.32 Å². The zero-order chi connectivity index (χ0) is 20.2. The second-order valence-corrected chi connectivity index (χ2v) is 8.01. The van der Waals surface area contributed by atoms with E-state index in [4.69, 9.17) is 0 Å². The Balaban J connectivity index is 1.29. The minimum atomic E-state index is -0.0880. The summed E-state index contributed by atoms with van der Waals surface area (Å²) in [5.74, 6) is -0.129. The topological polar surface area (TPSA) is 104 Å². The predicted octanol–water partition coefficient (Wildman–Crippen LogP) is 2.41. The van der Waals surface area contributed by atoms with Crippen molar-refractivity contribution >= 4 is 23.2 Å². The standard InChI is InChI=1S/C20H22N6O2S/c1-13-12-29-18(23-13)11-22-19(27)15-4-8-26(9-5-15)20(28)17-10-16(24-25-17)14-2-6-21-7-3-14/h2-3,6-7,10,12,15H,4-5,8-9,11H2,1H3,(H,22,27)(H,24,25). The Bertz CT molecular complexity index is 991. The van der Waals surface area contributed by atoms with Gasteiger partial charge in [0.15, 0.2) is 0 Å². The van der Waals surface area contributed by atoms with Crippen LogP contribution >= 0.6 is 11.3 Å². The van der Waals surface area contributed by atoms with Crippen LogP contribution in [-0.2, 0) is 11.3 Å². The van der Waals surface area contributed by atoms with Crippen LogP contribution in [0.4, 0.5) is 0 Å². The van der Waals surface area contributed by atoms with Gasteiger partial charge in [-0.1, -0.05) is 0 Å². The van der Waals surface area contributed by atoms with E-state index in [1.165, 1.54) is 0 Å². The highest BCUT2D eigenvalue weighted by molar-refractivity contribution is 7.09. The number of hydrogen-bond acceptors (Lipinski definition) is 6. The monoisotopic (exact) mass is 410 g/mol. The lowest BCUT2D eigenvalue weighted by molar-refractivity contribution is -0.126. The summed E-state index contributed by atoms with van der Waals surface area (Å²) in [5.41, 5.74) is 3.04. The lowest BCUT2D eigenvalue weighted by atomic mass is 9.95. The maximum Gasteiger partial charge on any atom is 0.271 e. The van der Waals surface area contributed by atoms with Crippen LogP contribution in [0.15, 0.2) is 36.0 Å². The number of carbonyl (C=O) groups excluding carboxylic acids is 2. The van der Waals surface area contributed by atoms with Crippen LogP contribution in [0.1, 0.15) is 34.0 Å². The van der Waals surface area contributed by atoms with E-state index >= 15 is 0 Å². The molecule has 2 N–H and O–H groups in total. The van der Waals surface area contributed by atoms with Gasteiger partial charge in [0.05, 0.1) is 12.2 Å². The summed E-state index contributed by atoms with van der Waals surface area (Å²) in [6.07, 6.45) is 4.69. The largest absolute Gasteiger partial charge is 0.349 e. The number of H-pyrrole nitrogens is 1. The third kappa shape index (κ3) is 4.51. The van der Waals surface area contributed by atoms with Gasteiger partial charge in [-0.25, -0.2) is 4.98 Å². The summed E-state index contributed by atoms with van der Waals surface area (Å²) < 4.78 is 0. The van der Waals surface area contributed by atoms with Crippen LogP contribution in [0.3, 0.4) is 0 Å². The fraction of sp³-hybridized carbons (Fsp3) is 0.350. The molecule has 29 heavy (non-hydrogen) atoms. The summed E-state index contributed by atoms with van der Waals surface area (Å²) in [7, 11) is 0. The summed E-state index contributed by atoms with van der Waals surface area (Å²) in [6, 6.07) is 5.45. The summed E-state index contributed by atoms with van der Waals surface area (Å²) >= 11 is 1.55. The first-order chi connectivity index (χ1) is 14.1. The molecule has 0 aromatic carbocycles. The van der Waals surface area contributed by atoms with Gasteiger partial charge in [-0.15, -0.1) is 11.3 Å². The van der Waals surface area contributed by atoms with Gasteiger partial charge < -0.3 is 10.2 Å². The number of aryl methyl sites for hydroxylation is 1. The number of aromatic nitrogens is 4. The lowest BCUT2D eigenvalue weighted by Gasteiger charge is -2.30. The second kappa shape index (κ2) is 8.52. The van der Waals surface area contributed by atoms with E-state index in [1.54, 1.807) is 34.7 Å². The number of rotatable bonds is 5. The number of piperidine rings is 1. The van der Waals surface area contributed by atoms with Gasteiger partial charge in [0.1, 0.15) is 10.7 Å². The first kappa shape index (κ1) is 19.3. The van der Waals surface area contributed by atoms with E-state index in [9.17, 15) is 9.59 Å². The number of amides is 2. The SMILES string of the molecule is Cc1csc(CNC(=O)C2CCN(C(=O)c3cc(-c4ccncc4)n[nH]3)CC2)n1. The van der Waals surface area contributed by atoms with Gasteiger partial charge in [-0.3, -0.25) is 19.7 Å². The molecule has 8 nitrogen and oxygen atoms in total. The number of nitrogens with zero attached hydrogens (tertiary/aromatic N) is 4. The molecule has 150 valence electrons. The van der Waals surface area contributed by atoms with Gasteiger partial charge in [-0.2, -0.15) is 5.10 Å². The van der Waals surface area contributed by atoms with Crippen molar-refractivity contribution < 1.29 is 9.59 Å². The molecule has 2 amide bonds. The average Bonchev–Trinajstić information content (AvgIpc) is 3.41. The van der Waals surface area contributed by atoms with Gasteiger partial charge in [0.2, 0.25) is 5.91 Å². The van der Waals surface area contributed by atoms with E-state index in [2.05, 4.69) is 25.5 Å². The average molecular weight is 411 g/mol. The van der Waals surface area contributed by atoms with Crippen molar-refractivity contribution in [2.45, 2.75) is 26.3 Å². The number of carbonyl (C=O) groups is 2. The van der Waals surface area contributed by atoms with Crippen molar-refractivity contribution in [3.05, 3.63) is 52.4 Å². The molecule has 0 saturated carbocycles. The van der Waals surface area contributed by atoms with Crippen LogP contribution in [-0.4, -0.2) is 50.0 Å². The van der Waals surface area contributed by atoms with Crippen molar-refractivity contribution in [1.29, 1.82) is 0 Å². The van der Waals surface area contributed by atoms with E-state index in [0.29, 0.717) is 43.9 Å². The predicted molar refractivity (Wildman–Crippen MR) is 109 cm³/mol. The molecule has 3 aromatic heterocycles. The van der Waals surface area contributed by atoms with Crippen molar-refractivity contribution in [3.63, 3.8) is 0 Å². The van der Waals surface area contributed by atoms with Crippen LogP contribution in [0.25, 0.3) is 11.3 Å². The first-order valence-electron chi connectivity index (χ1n) is 9.54. The second-order valence-electron chi connectivity index (χ2n) is 7.07. The third-order valence-corrected chi connectivity index (χ3v) is 5.98. The van der Waals surface area contributed by atoms with Crippen molar-refractivity contribution in [2.24, 2.45) is 5.92 Å². The molecule has 1 saturated heterocycles. The zero-order valence-corrected chi connectivity index (χ0v) is 16.9. The van der Waals surface area contributed by atoms with Crippen LogP contribution in [0, 0.1) is 12.8 Å². The Morgan fingerprint density at radius 1 is 1.28 bits per heavy atom. The molecular weight excluding hydrogens is 388 g/mol. The summed E-state index contributed by atoms with van der Waals surface area (Å²) in [5, 5.41) is 12.9. The van der Waals surface area contributed by atoms with Crippen molar-refractivity contribution in [3.8, 4) is 11.3 Å². The maximum absolute atomic E-state index is 12.8. The highest BCUT2D eigenvalue weighted by Gasteiger charge is 2.28. The minimum Gasteiger partial charge on any atom is -0.349 e. The van der Waals surface area contributed by atoms with Gasteiger partial charge >= 0.3 is 0 Å². The van der Waals surface area contributed by atoms with Gasteiger partial charge in [0.25, 0.3) is 5.91 Å². The lowest BCUT2D eigenvalue weighted by Crippen LogP contribution is -2.43. The van der Waals surface area contributed by atoms with E-state index in [-0.39, 0.29) is 17.7 Å². The smallest absolute Gasteiger partial charge is 0.271 e. The first-order valence-corrected chi connectivity index (χ1v) is 10.4. The molecule has 0 bridgehead atoms. The summed E-state index contributed by atoms with van der Waals surface area (Å²) in [6.45, 7) is 3.50. The van der Waals surface area contributed by atoms with Crippen LogP contribution in [0.5, 0.6) is 0 Å². The third-order valence-electron chi connectivity index (χ3n) is 5.02. The molecule has 4 heterocycles. The Morgan fingerprint density at radius 2 is 2.03 bits per heavy atom. The quantitative estimate of drug-likeness (QED) is 0.672. The minimum absolute atomic E-state index is 0.0338. The van der Waals surface area contributed by atoms with Gasteiger partial charge in [-0.05, 0) is 38.0 Å². The fourth-order valence-corrected chi connectivity index (χ4v) is 4.12. The van der Waals surface area contributed by atoms with Crippen molar-refractivity contribution in [2.75, 3.05) is 13.1 Å². The van der Waals surface area contributed by atoms with Crippen molar-refractivity contribution in [1.82, 2.24) is 30.4 Å². The Labute approximate surface area is 172 Å². The molecule has 0 spiro atoms. The molecule has 0 atom stereocenters. The molecule has 3 aromatic rings. The Hall–Kier alpha value is -3.07. The Kier molecular flexibility index (Phi) is 5.66. The molecule has 1 aliphatic rings. The number of nitrogens with one attached hydrogen (secondary N) is 2. The maximum atomic E-state index is 12.8. The molecule has 1 aliphatic heterocycles. The summed E-state index contributed by atoms with van der Waals surface area (Å²) in [4.78, 5) is 35.3. The fourth-order valence-electron chi connectivity index (χ4n) is 3.41. The highest BCUT2D eigenvalue weighted by Crippen LogP contribution is 2.21. The molecule has 9 heteroatoms. The molecule has 0 radical (unpaired) electrons. The van der Waals surface area contributed by atoms with E-state index in [0.717, 1.165) is 16.3 Å². The molecule has 0 aliphatic carbocycles. The normalized spacial score (nSPS) is 14.7. The molecule has 1 fully saturated rings. The van der Waals surface area contributed by atoms with Gasteiger partial charge in [0, 0.05) is 48.0 Å². The number of aromatic amines is 1. The number of pyridine rings is 1. The molecule has 0 unspecified atom stereocenters. The Morgan fingerprint density at radius 3 is 2.72 bits per heavy atom. The molecular formula is C20H22N6O2S. The number of likely N-dealkylation sites (tertiary alicyclic amines) is 1. The van der Waals surface area contributed by atoms with E-state index < -0.39 is 0 Å². The van der Waals surface area contributed by atoms with E-state index in [1.807, 2.05) is 24.4 Å². The van der Waals surface area contributed by atoms with Crippen LogP contribution in [0.2, 0.25) is 0 Å². The zero-order valence-electron chi connectivity index (χ0n) is 16.1. The number of thiazole rings is 1. The molecule has 4 rings (SSSR count). The highest BCUT2D eigenvalue weighted by atomic mass is 32.1. The number of hydrogen-bond donors (Lipinski definition) is 2.